The first-order chi connectivity index (χ1) is 10.4. The fourth-order valence-electron chi connectivity index (χ4n) is 4.89. The maximum Gasteiger partial charge on any atom is 0.0468 e. The minimum Gasteiger partial charge on any atom is -0.396 e. The molecule has 1 nitrogen and oxygen atoms in total. The first-order valence-corrected chi connectivity index (χ1v) is 9.18. The summed E-state index contributed by atoms with van der Waals surface area (Å²) in [6.07, 6.45) is 6.55. The van der Waals surface area contributed by atoms with Gasteiger partial charge in [-0.1, -0.05) is 52.8 Å². The third kappa shape index (κ3) is 2.08. The number of aliphatic hydroxyl groups excluding tert-OH is 1. The number of benzene rings is 1. The van der Waals surface area contributed by atoms with Crippen molar-refractivity contribution in [3.8, 4) is 0 Å². The van der Waals surface area contributed by atoms with E-state index in [0.717, 1.165) is 6.42 Å². The van der Waals surface area contributed by atoms with Crippen molar-refractivity contribution in [1.82, 2.24) is 0 Å². The zero-order chi connectivity index (χ0) is 16.2. The molecule has 1 aromatic rings. The molecule has 4 aliphatic carbocycles. The highest BCUT2D eigenvalue weighted by Gasteiger charge is 2.52. The first kappa shape index (κ1) is 16.1. The average Bonchev–Trinajstić information content (AvgIpc) is 3.24. The highest BCUT2D eigenvalue weighted by molar-refractivity contribution is 5.49. The molecule has 1 N–H and O–H groups in total. The Balaban J connectivity index is 0.000000693. The van der Waals surface area contributed by atoms with E-state index in [1.165, 1.54) is 31.2 Å². The van der Waals surface area contributed by atoms with E-state index in [1.54, 1.807) is 11.1 Å². The van der Waals surface area contributed by atoms with Crippen molar-refractivity contribution in [2.24, 2.45) is 5.92 Å². The molecule has 0 heterocycles. The van der Waals surface area contributed by atoms with Crippen molar-refractivity contribution < 1.29 is 5.11 Å². The molecule has 0 amide bonds. The molecule has 2 fully saturated rings. The van der Waals surface area contributed by atoms with E-state index in [-0.39, 0.29) is 5.41 Å². The lowest BCUT2D eigenvalue weighted by atomic mass is 9.52. The van der Waals surface area contributed by atoms with Gasteiger partial charge in [0.1, 0.15) is 0 Å². The lowest BCUT2D eigenvalue weighted by Crippen LogP contribution is -2.44. The van der Waals surface area contributed by atoms with Gasteiger partial charge in [-0.3, -0.25) is 0 Å². The minimum absolute atomic E-state index is 0.234. The summed E-state index contributed by atoms with van der Waals surface area (Å²) < 4.78 is 0. The molecule has 4 aliphatic rings. The van der Waals surface area contributed by atoms with Crippen LogP contribution in [0, 0.1) is 5.92 Å². The van der Waals surface area contributed by atoms with Gasteiger partial charge in [0, 0.05) is 6.61 Å². The predicted molar refractivity (Wildman–Crippen MR) is 93.5 cm³/mol. The van der Waals surface area contributed by atoms with Crippen molar-refractivity contribution in [2.75, 3.05) is 6.61 Å². The molecular weight excluding hydrogens is 268 g/mol. The van der Waals surface area contributed by atoms with Crippen LogP contribution in [0.1, 0.15) is 83.4 Å². The summed E-state index contributed by atoms with van der Waals surface area (Å²) in [5.74, 6) is 0.477. The second kappa shape index (κ2) is 5.09. The maximum atomic E-state index is 9.44. The predicted octanol–water partition coefficient (Wildman–Crippen LogP) is 5.09. The Labute approximate surface area is 136 Å². The molecule has 0 spiro atoms. The van der Waals surface area contributed by atoms with Gasteiger partial charge in [-0.15, -0.1) is 0 Å². The summed E-state index contributed by atoms with van der Waals surface area (Å²) in [6, 6.07) is 7.27. The van der Waals surface area contributed by atoms with E-state index in [4.69, 9.17) is 0 Å². The second-order valence-electron chi connectivity index (χ2n) is 8.38. The van der Waals surface area contributed by atoms with Gasteiger partial charge in [0.2, 0.25) is 0 Å². The second-order valence-corrected chi connectivity index (χ2v) is 8.38. The summed E-state index contributed by atoms with van der Waals surface area (Å²) in [5, 5.41) is 9.44. The van der Waals surface area contributed by atoms with Crippen LogP contribution in [0.15, 0.2) is 18.2 Å². The minimum atomic E-state index is 0.234. The third-order valence-corrected chi connectivity index (χ3v) is 7.07. The van der Waals surface area contributed by atoms with Crippen molar-refractivity contribution in [2.45, 2.75) is 83.0 Å². The third-order valence-electron chi connectivity index (χ3n) is 7.07. The molecule has 122 valence electrons. The summed E-state index contributed by atoms with van der Waals surface area (Å²) in [4.78, 5) is 0. The number of fused-ring (bicyclic) bond motifs is 2. The summed E-state index contributed by atoms with van der Waals surface area (Å²) in [6.45, 7) is 11.6. The molecular formula is C21H32O. The number of hydrogen-bond donors (Lipinski definition) is 1. The van der Waals surface area contributed by atoms with Crippen molar-refractivity contribution in [1.29, 1.82) is 0 Å². The molecule has 5 rings (SSSR count). The molecule has 0 saturated heterocycles. The van der Waals surface area contributed by atoms with Crippen LogP contribution in [0.25, 0.3) is 0 Å². The Kier molecular flexibility index (Phi) is 3.72. The normalized spacial score (nSPS) is 41.5. The van der Waals surface area contributed by atoms with Gasteiger partial charge < -0.3 is 5.11 Å². The van der Waals surface area contributed by atoms with E-state index < -0.39 is 0 Å². The fraction of sp³-hybridized carbons (Fsp3) is 0.714. The molecule has 2 bridgehead atoms. The van der Waals surface area contributed by atoms with Crippen LogP contribution in [-0.4, -0.2) is 11.7 Å². The van der Waals surface area contributed by atoms with Crippen LogP contribution >= 0.6 is 0 Å². The summed E-state index contributed by atoms with van der Waals surface area (Å²) in [7, 11) is 0. The van der Waals surface area contributed by atoms with E-state index in [0.29, 0.717) is 23.4 Å². The summed E-state index contributed by atoms with van der Waals surface area (Å²) >= 11 is 0. The van der Waals surface area contributed by atoms with Gasteiger partial charge in [0.15, 0.2) is 0 Å². The largest absolute Gasteiger partial charge is 0.396 e. The molecule has 1 heteroatoms. The van der Waals surface area contributed by atoms with Gasteiger partial charge in [0.25, 0.3) is 0 Å². The Hall–Kier alpha value is -0.820. The van der Waals surface area contributed by atoms with E-state index in [9.17, 15) is 5.11 Å². The van der Waals surface area contributed by atoms with Crippen molar-refractivity contribution in [3.63, 3.8) is 0 Å². The van der Waals surface area contributed by atoms with Crippen molar-refractivity contribution in [3.05, 3.63) is 34.9 Å². The maximum absolute atomic E-state index is 9.44. The standard InChI is InChI=1S/C19H26O.C2H6/c1-17-6-8-18(2,9-7-17)16-10-13(4-5-15(16)17)19(3)11-14(19)12-20;1-2/h4-5,10,14,20H,6-9,11-12H2,1-3H3;1-2H3/t14?,17?,18?,19-;/m1./s1. The molecule has 2 saturated carbocycles. The zero-order valence-electron chi connectivity index (χ0n) is 15.0. The van der Waals surface area contributed by atoms with Crippen LogP contribution in [0.4, 0.5) is 0 Å². The number of aliphatic hydroxyl groups is 1. The Bertz CT molecular complexity index is 565. The molecule has 0 radical (unpaired) electrons. The van der Waals surface area contributed by atoms with E-state index >= 15 is 0 Å². The molecule has 22 heavy (non-hydrogen) atoms. The molecule has 0 aliphatic heterocycles. The smallest absolute Gasteiger partial charge is 0.0468 e. The van der Waals surface area contributed by atoms with Crippen LogP contribution in [0.5, 0.6) is 0 Å². The van der Waals surface area contributed by atoms with Crippen LogP contribution in [0.2, 0.25) is 0 Å². The Morgan fingerprint density at radius 3 is 2.00 bits per heavy atom. The van der Waals surface area contributed by atoms with Crippen LogP contribution in [0.3, 0.4) is 0 Å². The lowest BCUT2D eigenvalue weighted by molar-refractivity contribution is 0.187. The highest BCUT2D eigenvalue weighted by Crippen LogP contribution is 2.59. The monoisotopic (exact) mass is 300 g/mol. The Morgan fingerprint density at radius 1 is 0.955 bits per heavy atom. The van der Waals surface area contributed by atoms with Gasteiger partial charge in [-0.25, -0.2) is 0 Å². The highest BCUT2D eigenvalue weighted by atomic mass is 16.3. The van der Waals surface area contributed by atoms with Gasteiger partial charge >= 0.3 is 0 Å². The topological polar surface area (TPSA) is 20.2 Å². The van der Waals surface area contributed by atoms with Gasteiger partial charge in [-0.05, 0) is 71.0 Å². The summed E-state index contributed by atoms with van der Waals surface area (Å²) in [5.41, 5.74) is 5.77. The quantitative estimate of drug-likeness (QED) is 0.807. The molecule has 1 aromatic carbocycles. The average molecular weight is 300 g/mol. The van der Waals surface area contributed by atoms with Crippen LogP contribution < -0.4 is 0 Å². The zero-order valence-corrected chi connectivity index (χ0v) is 15.0. The first-order valence-electron chi connectivity index (χ1n) is 9.18. The van der Waals surface area contributed by atoms with Crippen LogP contribution in [-0.2, 0) is 16.2 Å². The van der Waals surface area contributed by atoms with E-state index in [2.05, 4.69) is 39.0 Å². The number of hydrogen-bond acceptors (Lipinski definition) is 1. The Morgan fingerprint density at radius 2 is 1.50 bits per heavy atom. The molecule has 1 unspecified atom stereocenters. The fourth-order valence-corrected chi connectivity index (χ4v) is 4.89. The number of rotatable bonds is 2. The lowest BCUT2D eigenvalue weighted by Gasteiger charge is -2.52. The molecule has 2 atom stereocenters. The van der Waals surface area contributed by atoms with Gasteiger partial charge in [-0.2, -0.15) is 0 Å². The van der Waals surface area contributed by atoms with Gasteiger partial charge in [0.05, 0.1) is 0 Å². The SMILES string of the molecule is CC.CC12CCC(C)(CC1)c1cc([C@@]3(C)CC3CO)ccc12. The van der Waals surface area contributed by atoms with E-state index in [1.807, 2.05) is 13.8 Å². The molecule has 0 aromatic heterocycles. The van der Waals surface area contributed by atoms with Crippen molar-refractivity contribution >= 4 is 0 Å².